The van der Waals surface area contributed by atoms with Gasteiger partial charge in [0.1, 0.15) is 17.7 Å². The first-order valence-corrected chi connectivity index (χ1v) is 8.34. The van der Waals surface area contributed by atoms with E-state index in [0.29, 0.717) is 16.3 Å². The number of hydrogen-bond acceptors (Lipinski definition) is 4. The number of ether oxygens (including phenoxy) is 1. The first-order valence-electron chi connectivity index (χ1n) is 7.97. The van der Waals surface area contributed by atoms with Gasteiger partial charge in [-0.15, -0.1) is 0 Å². The molecule has 128 valence electrons. The van der Waals surface area contributed by atoms with Crippen molar-refractivity contribution in [3.05, 3.63) is 58.6 Å². The lowest BCUT2D eigenvalue weighted by molar-refractivity contribution is -0.0258. The Morgan fingerprint density at radius 2 is 2.04 bits per heavy atom. The summed E-state index contributed by atoms with van der Waals surface area (Å²) in [7, 11) is 2.08. The quantitative estimate of drug-likeness (QED) is 0.911. The first-order chi connectivity index (χ1) is 11.5. The van der Waals surface area contributed by atoms with E-state index in [2.05, 4.69) is 16.9 Å². The second-order valence-corrected chi connectivity index (χ2v) is 6.56. The van der Waals surface area contributed by atoms with Crippen molar-refractivity contribution in [1.29, 1.82) is 0 Å². The average molecular weight is 351 g/mol. The summed E-state index contributed by atoms with van der Waals surface area (Å²) in [5.41, 5.74) is 1.14. The Labute approximate surface area is 145 Å². The number of aromatic nitrogens is 1. The van der Waals surface area contributed by atoms with Crippen LogP contribution in [0.2, 0.25) is 5.02 Å². The fourth-order valence-corrected chi connectivity index (χ4v) is 3.01. The molecule has 1 unspecified atom stereocenters. The fourth-order valence-electron chi connectivity index (χ4n) is 2.90. The number of halogens is 2. The summed E-state index contributed by atoms with van der Waals surface area (Å²) in [5.74, 6) is -0.622. The third-order valence-corrected chi connectivity index (χ3v) is 4.51. The van der Waals surface area contributed by atoms with E-state index in [-0.39, 0.29) is 11.9 Å². The van der Waals surface area contributed by atoms with Gasteiger partial charge in [-0.1, -0.05) is 11.6 Å². The smallest absolute Gasteiger partial charge is 0.128 e. The summed E-state index contributed by atoms with van der Waals surface area (Å²) in [6, 6.07) is 7.45. The fraction of sp³-hybridized carbons (Fsp3) is 0.389. The van der Waals surface area contributed by atoms with E-state index in [4.69, 9.17) is 16.3 Å². The van der Waals surface area contributed by atoms with Crippen LogP contribution in [0.3, 0.4) is 0 Å². The first kappa shape index (κ1) is 17.1. The zero-order valence-corrected chi connectivity index (χ0v) is 14.2. The summed E-state index contributed by atoms with van der Waals surface area (Å²) in [5, 5.41) is 10.7. The number of phenols is 1. The number of pyridine rings is 1. The molecule has 24 heavy (non-hydrogen) atoms. The molecule has 2 heterocycles. The Morgan fingerprint density at radius 3 is 2.67 bits per heavy atom. The van der Waals surface area contributed by atoms with Gasteiger partial charge in [-0.25, -0.2) is 4.39 Å². The van der Waals surface area contributed by atoms with Crippen molar-refractivity contribution in [3.63, 3.8) is 0 Å². The van der Waals surface area contributed by atoms with Crippen LogP contribution < -0.4 is 0 Å². The minimum Gasteiger partial charge on any atom is -0.507 e. The summed E-state index contributed by atoms with van der Waals surface area (Å²) in [4.78, 5) is 6.58. The number of aromatic hydroxyl groups is 1. The predicted octanol–water partition coefficient (Wildman–Crippen LogP) is 3.78. The van der Waals surface area contributed by atoms with Crippen molar-refractivity contribution in [2.45, 2.75) is 25.0 Å². The van der Waals surface area contributed by atoms with Crippen LogP contribution in [-0.2, 0) is 4.74 Å². The normalized spacial score (nSPS) is 17.8. The molecule has 0 aliphatic carbocycles. The van der Waals surface area contributed by atoms with E-state index in [1.165, 1.54) is 6.07 Å². The van der Waals surface area contributed by atoms with Gasteiger partial charge >= 0.3 is 0 Å². The summed E-state index contributed by atoms with van der Waals surface area (Å²) in [6.07, 6.45) is 2.86. The number of hydrogen-bond donors (Lipinski definition) is 1. The highest BCUT2D eigenvalue weighted by molar-refractivity contribution is 6.30. The van der Waals surface area contributed by atoms with Crippen LogP contribution in [-0.4, -0.2) is 41.2 Å². The maximum atomic E-state index is 13.3. The van der Waals surface area contributed by atoms with Crippen LogP contribution in [0.15, 0.2) is 36.5 Å². The molecule has 4 nitrogen and oxygen atoms in total. The van der Waals surface area contributed by atoms with Crippen LogP contribution in [0.4, 0.5) is 4.39 Å². The van der Waals surface area contributed by atoms with Gasteiger partial charge in [0.2, 0.25) is 0 Å². The number of rotatable bonds is 4. The Kier molecular flexibility index (Phi) is 5.33. The highest BCUT2D eigenvalue weighted by Gasteiger charge is 2.26. The summed E-state index contributed by atoms with van der Waals surface area (Å²) < 4.78 is 19.6. The highest BCUT2D eigenvalue weighted by Crippen LogP contribution is 2.34. The molecule has 3 rings (SSSR count). The Balaban J connectivity index is 1.89. The second kappa shape index (κ2) is 7.47. The number of likely N-dealkylation sites (tertiary alicyclic amines) is 1. The Bertz CT molecular complexity index is 688. The van der Waals surface area contributed by atoms with Gasteiger partial charge in [0, 0.05) is 30.9 Å². The van der Waals surface area contributed by atoms with Crippen molar-refractivity contribution in [3.8, 4) is 5.75 Å². The second-order valence-electron chi connectivity index (χ2n) is 6.12. The third-order valence-electron chi connectivity index (χ3n) is 4.29. The molecule has 1 aliphatic heterocycles. The van der Waals surface area contributed by atoms with Gasteiger partial charge in [0.25, 0.3) is 0 Å². The third kappa shape index (κ3) is 4.04. The molecule has 0 spiro atoms. The zero-order valence-electron chi connectivity index (χ0n) is 13.5. The number of benzene rings is 1. The molecule has 1 N–H and O–H groups in total. The predicted molar refractivity (Wildman–Crippen MR) is 90.8 cm³/mol. The molecular formula is C18H20ClFN2O2. The summed E-state index contributed by atoms with van der Waals surface area (Å²) in [6.45, 7) is 1.92. The van der Waals surface area contributed by atoms with Crippen molar-refractivity contribution < 1.29 is 14.2 Å². The molecular weight excluding hydrogens is 331 g/mol. The van der Waals surface area contributed by atoms with Gasteiger partial charge < -0.3 is 14.7 Å². The maximum Gasteiger partial charge on any atom is 0.128 e. The lowest BCUT2D eigenvalue weighted by atomic mass is 10.0. The SMILES string of the molecule is CN1CCC(OC(c2ccc(Cl)cn2)c2ccc(F)cc2O)CC1. The van der Waals surface area contributed by atoms with Gasteiger partial charge in [-0.2, -0.15) is 0 Å². The minimum absolute atomic E-state index is 0.0631. The lowest BCUT2D eigenvalue weighted by Gasteiger charge is -2.32. The van der Waals surface area contributed by atoms with Crippen LogP contribution in [0.25, 0.3) is 0 Å². The van der Waals surface area contributed by atoms with Crippen molar-refractivity contribution in [1.82, 2.24) is 9.88 Å². The molecule has 1 aliphatic rings. The van der Waals surface area contributed by atoms with E-state index in [1.807, 2.05) is 0 Å². The Morgan fingerprint density at radius 1 is 1.29 bits per heavy atom. The number of piperidine rings is 1. The topological polar surface area (TPSA) is 45.6 Å². The molecule has 0 saturated carbocycles. The van der Waals surface area contributed by atoms with Gasteiger partial charge in [-0.05, 0) is 44.2 Å². The van der Waals surface area contributed by atoms with Crippen molar-refractivity contribution >= 4 is 11.6 Å². The van der Waals surface area contributed by atoms with Crippen molar-refractivity contribution in [2.75, 3.05) is 20.1 Å². The van der Waals surface area contributed by atoms with E-state index < -0.39 is 11.9 Å². The van der Waals surface area contributed by atoms with Crippen LogP contribution in [0.1, 0.15) is 30.2 Å². The van der Waals surface area contributed by atoms with E-state index in [0.717, 1.165) is 32.0 Å². The number of phenolic OH excluding ortho intramolecular Hbond substituents is 1. The monoisotopic (exact) mass is 350 g/mol. The van der Waals surface area contributed by atoms with E-state index in [9.17, 15) is 9.50 Å². The van der Waals surface area contributed by atoms with Crippen LogP contribution in [0.5, 0.6) is 5.75 Å². The lowest BCUT2D eigenvalue weighted by Crippen LogP contribution is -2.35. The number of nitrogens with zero attached hydrogens (tertiary/aromatic N) is 2. The minimum atomic E-state index is -0.559. The largest absolute Gasteiger partial charge is 0.507 e. The van der Waals surface area contributed by atoms with Crippen LogP contribution >= 0.6 is 11.6 Å². The molecule has 6 heteroatoms. The standard InChI is InChI=1S/C18H20ClFN2O2/c1-22-8-6-14(7-9-22)24-18(16-5-2-12(19)11-21-16)15-4-3-13(20)10-17(15)23/h2-5,10-11,14,18,23H,6-9H2,1H3. The Hall–Kier alpha value is -1.69. The average Bonchev–Trinajstić information content (AvgIpc) is 2.56. The van der Waals surface area contributed by atoms with Gasteiger partial charge in [-0.3, -0.25) is 4.98 Å². The molecule has 1 fully saturated rings. The molecule has 2 aromatic rings. The van der Waals surface area contributed by atoms with Gasteiger partial charge in [0.15, 0.2) is 0 Å². The van der Waals surface area contributed by atoms with Crippen molar-refractivity contribution in [2.24, 2.45) is 0 Å². The van der Waals surface area contributed by atoms with Gasteiger partial charge in [0.05, 0.1) is 16.8 Å². The molecule has 1 atom stereocenters. The highest BCUT2D eigenvalue weighted by atomic mass is 35.5. The van der Waals surface area contributed by atoms with E-state index in [1.54, 1.807) is 24.4 Å². The zero-order chi connectivity index (χ0) is 17.1. The molecule has 0 bridgehead atoms. The molecule has 1 saturated heterocycles. The maximum absolute atomic E-state index is 13.3. The molecule has 0 radical (unpaired) electrons. The molecule has 1 aromatic heterocycles. The molecule has 1 aromatic carbocycles. The molecule has 0 amide bonds. The summed E-state index contributed by atoms with van der Waals surface area (Å²) >= 11 is 5.91. The van der Waals surface area contributed by atoms with E-state index >= 15 is 0 Å². The van der Waals surface area contributed by atoms with Crippen LogP contribution in [0, 0.1) is 5.82 Å².